The summed E-state index contributed by atoms with van der Waals surface area (Å²) >= 11 is 0. The third-order valence-corrected chi connectivity index (χ3v) is 5.79. The van der Waals surface area contributed by atoms with E-state index >= 15 is 0 Å². The maximum absolute atomic E-state index is 12.3. The van der Waals surface area contributed by atoms with Gasteiger partial charge in [0.15, 0.2) is 0 Å². The number of hydrogen-bond acceptors (Lipinski definition) is 6. The molecule has 1 saturated heterocycles. The number of nitrogens with one attached hydrogen (secondary N) is 3. The van der Waals surface area contributed by atoms with E-state index in [2.05, 4.69) is 20.7 Å². The fourth-order valence-corrected chi connectivity index (χ4v) is 4.04. The second-order valence-corrected chi connectivity index (χ2v) is 8.68. The van der Waals surface area contributed by atoms with E-state index in [9.17, 15) is 23.1 Å². The number of fused-ring (bicyclic) bond motifs is 1. The number of alkyl halides is 3. The fourth-order valence-electron chi connectivity index (χ4n) is 4.04. The van der Waals surface area contributed by atoms with Crippen LogP contribution in [0.15, 0.2) is 48.8 Å². The minimum atomic E-state index is -4.48. The molecule has 194 valence electrons. The molecule has 12 heteroatoms. The number of pyridine rings is 1. The summed E-state index contributed by atoms with van der Waals surface area (Å²) in [4.78, 5) is 24.0. The molecule has 0 aliphatic carbocycles. The predicted molar refractivity (Wildman–Crippen MR) is 128 cm³/mol. The van der Waals surface area contributed by atoms with Crippen LogP contribution in [0.4, 0.5) is 23.7 Å². The zero-order valence-corrected chi connectivity index (χ0v) is 19.6. The summed E-state index contributed by atoms with van der Waals surface area (Å²) in [6.45, 7) is 2.24. The van der Waals surface area contributed by atoms with Crippen LogP contribution < -0.4 is 16.1 Å². The van der Waals surface area contributed by atoms with E-state index in [0.717, 1.165) is 54.9 Å². The molecule has 3 aromatic rings. The highest BCUT2D eigenvalue weighted by Gasteiger charge is 2.27. The Hall–Kier alpha value is -3.19. The lowest BCUT2D eigenvalue weighted by Gasteiger charge is -2.14. The first-order chi connectivity index (χ1) is 17.3. The molecule has 1 aliphatic rings. The molecule has 4 N–H and O–H groups in total. The van der Waals surface area contributed by atoms with Crippen LogP contribution in [0.25, 0.3) is 16.9 Å². The number of β-amino-alcohol motifs (C(OH)–C–C–N with tert-alkyl or cyclic N) is 1. The highest BCUT2D eigenvalue weighted by atomic mass is 19.4. The van der Waals surface area contributed by atoms with Crippen LogP contribution in [0.2, 0.25) is 0 Å². The summed E-state index contributed by atoms with van der Waals surface area (Å²) in [5.41, 5.74) is 6.55. The Bertz CT molecular complexity index is 1170. The van der Waals surface area contributed by atoms with E-state index in [1.54, 1.807) is 29.7 Å². The van der Waals surface area contributed by atoms with E-state index in [1.165, 1.54) is 0 Å². The van der Waals surface area contributed by atoms with Crippen molar-refractivity contribution >= 4 is 17.4 Å². The number of anilines is 1. The third-order valence-electron chi connectivity index (χ3n) is 5.79. The number of nitrogens with zero attached hydrogens (tertiary/aromatic N) is 3. The van der Waals surface area contributed by atoms with Gasteiger partial charge in [-0.2, -0.15) is 18.7 Å². The quantitative estimate of drug-likeness (QED) is 0.249. The van der Waals surface area contributed by atoms with Gasteiger partial charge >= 0.3 is 12.2 Å². The molecular formula is C24H29F3N6O3. The summed E-state index contributed by atoms with van der Waals surface area (Å²) in [7, 11) is 0. The molecule has 1 fully saturated rings. The molecule has 0 spiro atoms. The zero-order chi connectivity index (χ0) is 25.5. The molecule has 1 atom stereocenters. The molecule has 3 heterocycles. The number of aliphatic hydroxyl groups excluding tert-OH is 1. The lowest BCUT2D eigenvalue weighted by molar-refractivity contribution is -0.122. The highest BCUT2D eigenvalue weighted by molar-refractivity contribution is 5.90. The van der Waals surface area contributed by atoms with Gasteiger partial charge in [0.1, 0.15) is 12.2 Å². The molecule has 1 aliphatic heterocycles. The SMILES string of the molecule is O=C(NCC(F)(F)F)Nc1cccc(-c2cnc3cc(CNOCCCN4CCC(O)C4)ccn23)c1. The molecule has 0 radical (unpaired) electrons. The monoisotopic (exact) mass is 506 g/mol. The van der Waals surface area contributed by atoms with E-state index < -0.39 is 18.8 Å². The Morgan fingerprint density at radius 1 is 1.25 bits per heavy atom. The molecule has 1 unspecified atom stereocenters. The first-order valence-electron chi connectivity index (χ1n) is 11.7. The van der Waals surface area contributed by atoms with E-state index in [-0.39, 0.29) is 6.10 Å². The molecular weight excluding hydrogens is 477 g/mol. The van der Waals surface area contributed by atoms with Gasteiger partial charge in [-0.1, -0.05) is 12.1 Å². The number of urea groups is 1. The Morgan fingerprint density at radius 3 is 2.89 bits per heavy atom. The van der Waals surface area contributed by atoms with Crippen molar-refractivity contribution in [3.63, 3.8) is 0 Å². The van der Waals surface area contributed by atoms with Crippen molar-refractivity contribution in [3.05, 3.63) is 54.4 Å². The van der Waals surface area contributed by atoms with Crippen molar-refractivity contribution in [2.75, 3.05) is 38.1 Å². The lowest BCUT2D eigenvalue weighted by atomic mass is 10.1. The number of halogens is 3. The number of hydroxylamine groups is 1. The third kappa shape index (κ3) is 7.40. The maximum Gasteiger partial charge on any atom is 0.405 e. The van der Waals surface area contributed by atoms with Gasteiger partial charge in [0.05, 0.1) is 24.6 Å². The number of imidazole rings is 1. The van der Waals surface area contributed by atoms with Gasteiger partial charge in [-0.25, -0.2) is 9.78 Å². The topological polar surface area (TPSA) is 103 Å². The van der Waals surface area contributed by atoms with Crippen LogP contribution in [0, 0.1) is 0 Å². The van der Waals surface area contributed by atoms with Crippen LogP contribution in [0.5, 0.6) is 0 Å². The first kappa shape index (κ1) is 25.9. The van der Waals surface area contributed by atoms with Crippen LogP contribution in [-0.2, 0) is 11.4 Å². The Kier molecular flexibility index (Phi) is 8.41. The minimum absolute atomic E-state index is 0.208. The van der Waals surface area contributed by atoms with E-state index in [0.29, 0.717) is 18.8 Å². The number of carbonyl (C=O) groups excluding carboxylic acids is 1. The lowest BCUT2D eigenvalue weighted by Crippen LogP contribution is -2.36. The molecule has 2 aromatic heterocycles. The number of amides is 2. The predicted octanol–water partition coefficient (Wildman–Crippen LogP) is 3.16. The van der Waals surface area contributed by atoms with Gasteiger partial charge in [0.2, 0.25) is 0 Å². The van der Waals surface area contributed by atoms with Crippen molar-refractivity contribution in [3.8, 4) is 11.3 Å². The van der Waals surface area contributed by atoms with Crippen LogP contribution in [0.3, 0.4) is 0 Å². The van der Waals surface area contributed by atoms with Crippen molar-refractivity contribution in [1.82, 2.24) is 25.1 Å². The Labute approximate surface area is 206 Å². The average molecular weight is 507 g/mol. The highest BCUT2D eigenvalue weighted by Crippen LogP contribution is 2.24. The van der Waals surface area contributed by atoms with E-state index in [4.69, 9.17) is 4.84 Å². The molecule has 9 nitrogen and oxygen atoms in total. The summed E-state index contributed by atoms with van der Waals surface area (Å²) in [6.07, 6.45) is 0.600. The molecule has 4 rings (SSSR count). The fraction of sp³-hybridized carbons (Fsp3) is 0.417. The number of aliphatic hydroxyl groups is 1. The molecule has 2 amide bonds. The van der Waals surface area contributed by atoms with Gasteiger partial charge in [-0.05, 0) is 42.7 Å². The normalized spacial score (nSPS) is 16.5. The summed E-state index contributed by atoms with van der Waals surface area (Å²) in [5.74, 6) is 0. The van der Waals surface area contributed by atoms with Crippen molar-refractivity contribution in [2.24, 2.45) is 0 Å². The standard InChI is InChI=1S/C24H29F3N6O3/c25-24(26,27)16-29-23(35)31-19-4-1-3-18(12-19)21-14-28-22-11-17(5-9-33(21)22)13-30-36-10-2-7-32-8-6-20(34)15-32/h1,3-5,9,11-12,14,20,30,34H,2,6-8,10,13,15-16H2,(H2,29,31,35). The van der Waals surface area contributed by atoms with Gasteiger partial charge in [0.25, 0.3) is 0 Å². The van der Waals surface area contributed by atoms with Crippen molar-refractivity contribution < 1.29 is 27.9 Å². The van der Waals surface area contributed by atoms with E-state index in [1.807, 2.05) is 28.8 Å². The number of aromatic nitrogens is 2. The second-order valence-electron chi connectivity index (χ2n) is 8.68. The average Bonchev–Trinajstić information content (AvgIpc) is 3.45. The Morgan fingerprint density at radius 2 is 2.11 bits per heavy atom. The number of rotatable bonds is 10. The number of carbonyl (C=O) groups is 1. The van der Waals surface area contributed by atoms with Crippen LogP contribution >= 0.6 is 0 Å². The summed E-state index contributed by atoms with van der Waals surface area (Å²) in [5, 5.41) is 13.7. The van der Waals surface area contributed by atoms with Gasteiger partial charge in [-0.3, -0.25) is 4.40 Å². The molecule has 0 saturated carbocycles. The largest absolute Gasteiger partial charge is 0.405 e. The maximum atomic E-state index is 12.3. The van der Waals surface area contributed by atoms with Gasteiger partial charge in [-0.15, -0.1) is 0 Å². The molecule has 0 bridgehead atoms. The minimum Gasteiger partial charge on any atom is -0.392 e. The second kappa shape index (κ2) is 11.7. The smallest absolute Gasteiger partial charge is 0.392 e. The molecule has 1 aromatic carbocycles. The number of hydrogen-bond donors (Lipinski definition) is 4. The van der Waals surface area contributed by atoms with Gasteiger partial charge < -0.3 is 25.5 Å². The number of benzene rings is 1. The first-order valence-corrected chi connectivity index (χ1v) is 11.7. The van der Waals surface area contributed by atoms with Gasteiger partial charge in [0, 0.05) is 43.6 Å². The summed E-state index contributed by atoms with van der Waals surface area (Å²) in [6, 6.07) is 9.73. The van der Waals surface area contributed by atoms with Crippen molar-refractivity contribution in [1.29, 1.82) is 0 Å². The molecule has 36 heavy (non-hydrogen) atoms. The van der Waals surface area contributed by atoms with Crippen LogP contribution in [-0.4, -0.2) is 70.5 Å². The Balaban J connectivity index is 1.29. The zero-order valence-electron chi connectivity index (χ0n) is 19.6. The number of likely N-dealkylation sites (tertiary alicyclic amines) is 1. The van der Waals surface area contributed by atoms with Crippen molar-refractivity contribution in [2.45, 2.75) is 31.7 Å². The van der Waals surface area contributed by atoms with Crippen LogP contribution in [0.1, 0.15) is 18.4 Å². The summed E-state index contributed by atoms with van der Waals surface area (Å²) < 4.78 is 38.8.